The first-order chi connectivity index (χ1) is 12.5. The van der Waals surface area contributed by atoms with Gasteiger partial charge in [0, 0.05) is 18.4 Å². The Hall–Kier alpha value is -2.64. The Bertz CT molecular complexity index is 894. The number of phenolic OH excluding ortho intramolecular Hbond substituents is 1. The molecule has 0 saturated carbocycles. The fourth-order valence-electron chi connectivity index (χ4n) is 3.06. The normalized spacial score (nSPS) is 17.0. The Kier molecular flexibility index (Phi) is 5.39. The standard InChI is InChI=1S/C19H20N2O4S/c1-11-15(18(23)25-10-9-24-2)17(21-19(26)20-11)16-13-6-4-3-5-12(13)7-8-14(16)22/h3-8,17,22H,9-10H2,1-2H3,(H2,20,21,26)/t17-/m0/s1. The SMILES string of the molecule is COCCOC(=O)C1=C(C)NC(=S)N[C@@H]1c1c(O)ccc2ccccc12. The summed E-state index contributed by atoms with van der Waals surface area (Å²) in [5, 5.41) is 18.8. The Labute approximate surface area is 156 Å². The Morgan fingerprint density at radius 3 is 2.77 bits per heavy atom. The van der Waals surface area contributed by atoms with Crippen molar-refractivity contribution in [3.8, 4) is 5.75 Å². The number of nitrogens with one attached hydrogen (secondary N) is 2. The molecule has 3 N–H and O–H groups in total. The van der Waals surface area contributed by atoms with Crippen molar-refractivity contribution in [2.75, 3.05) is 20.3 Å². The van der Waals surface area contributed by atoms with Crippen LogP contribution >= 0.6 is 12.2 Å². The second-order valence-electron chi connectivity index (χ2n) is 5.92. The fraction of sp³-hybridized carbons (Fsp3) is 0.263. The van der Waals surface area contributed by atoms with E-state index in [2.05, 4.69) is 10.6 Å². The summed E-state index contributed by atoms with van der Waals surface area (Å²) >= 11 is 5.26. The quantitative estimate of drug-likeness (QED) is 0.423. The van der Waals surface area contributed by atoms with Gasteiger partial charge in [0.2, 0.25) is 0 Å². The minimum atomic E-state index is -0.620. The number of ether oxygens (including phenoxy) is 2. The van der Waals surface area contributed by atoms with Gasteiger partial charge in [-0.1, -0.05) is 30.3 Å². The first kappa shape index (κ1) is 18.2. The van der Waals surface area contributed by atoms with Crippen molar-refractivity contribution < 1.29 is 19.4 Å². The molecule has 0 spiro atoms. The number of carbonyl (C=O) groups is 1. The molecular formula is C19H20N2O4S. The Morgan fingerprint density at radius 2 is 2.00 bits per heavy atom. The molecule has 0 radical (unpaired) electrons. The molecule has 7 heteroatoms. The summed E-state index contributed by atoms with van der Waals surface area (Å²) in [6.07, 6.45) is 0. The van der Waals surface area contributed by atoms with Gasteiger partial charge in [0.25, 0.3) is 0 Å². The molecule has 1 heterocycles. The van der Waals surface area contributed by atoms with Crippen molar-refractivity contribution in [3.05, 3.63) is 53.2 Å². The van der Waals surface area contributed by atoms with E-state index in [4.69, 9.17) is 21.7 Å². The number of thiocarbonyl (C=S) groups is 1. The molecule has 2 aromatic rings. The van der Waals surface area contributed by atoms with Gasteiger partial charge in [-0.3, -0.25) is 0 Å². The van der Waals surface area contributed by atoms with E-state index in [0.717, 1.165) is 10.8 Å². The van der Waals surface area contributed by atoms with Crippen LogP contribution in [0, 0.1) is 0 Å². The number of hydrogen-bond acceptors (Lipinski definition) is 5. The zero-order valence-electron chi connectivity index (χ0n) is 14.5. The van der Waals surface area contributed by atoms with E-state index >= 15 is 0 Å². The van der Waals surface area contributed by atoms with E-state index in [9.17, 15) is 9.90 Å². The summed E-state index contributed by atoms with van der Waals surface area (Å²) in [6, 6.07) is 10.5. The summed E-state index contributed by atoms with van der Waals surface area (Å²) in [7, 11) is 1.54. The number of carbonyl (C=O) groups excluding carboxylic acids is 1. The van der Waals surface area contributed by atoms with Gasteiger partial charge in [-0.15, -0.1) is 0 Å². The molecule has 0 bridgehead atoms. The van der Waals surface area contributed by atoms with Crippen molar-refractivity contribution in [2.45, 2.75) is 13.0 Å². The molecule has 2 aromatic carbocycles. The molecular weight excluding hydrogens is 352 g/mol. The first-order valence-corrected chi connectivity index (χ1v) is 8.58. The molecule has 136 valence electrons. The molecule has 0 unspecified atom stereocenters. The maximum Gasteiger partial charge on any atom is 0.338 e. The van der Waals surface area contributed by atoms with Gasteiger partial charge in [0.1, 0.15) is 12.4 Å². The largest absolute Gasteiger partial charge is 0.508 e. The zero-order chi connectivity index (χ0) is 18.7. The molecule has 0 aromatic heterocycles. The highest BCUT2D eigenvalue weighted by atomic mass is 32.1. The topological polar surface area (TPSA) is 79.8 Å². The van der Waals surface area contributed by atoms with E-state index in [1.807, 2.05) is 30.3 Å². The number of rotatable bonds is 5. The van der Waals surface area contributed by atoms with Gasteiger partial charge in [-0.25, -0.2) is 4.79 Å². The maximum absolute atomic E-state index is 12.7. The van der Waals surface area contributed by atoms with Crippen LogP contribution in [0.25, 0.3) is 10.8 Å². The van der Waals surface area contributed by atoms with Crippen LogP contribution < -0.4 is 10.6 Å². The molecule has 0 amide bonds. The summed E-state index contributed by atoms with van der Waals surface area (Å²) in [5.74, 6) is -0.403. The van der Waals surface area contributed by atoms with Crippen molar-refractivity contribution in [2.24, 2.45) is 0 Å². The number of esters is 1. The van der Waals surface area contributed by atoms with Gasteiger partial charge < -0.3 is 25.2 Å². The highest BCUT2D eigenvalue weighted by Gasteiger charge is 2.33. The van der Waals surface area contributed by atoms with E-state index in [1.165, 1.54) is 7.11 Å². The highest BCUT2D eigenvalue weighted by molar-refractivity contribution is 7.80. The third kappa shape index (κ3) is 3.49. The number of fused-ring (bicyclic) bond motifs is 1. The average molecular weight is 372 g/mol. The van der Waals surface area contributed by atoms with Gasteiger partial charge in [0.15, 0.2) is 5.11 Å². The minimum Gasteiger partial charge on any atom is -0.508 e. The van der Waals surface area contributed by atoms with Crippen LogP contribution in [0.3, 0.4) is 0 Å². The maximum atomic E-state index is 12.7. The van der Waals surface area contributed by atoms with Gasteiger partial charge in [-0.05, 0) is 36.0 Å². The van der Waals surface area contributed by atoms with Crippen molar-refractivity contribution in [3.63, 3.8) is 0 Å². The third-order valence-corrected chi connectivity index (χ3v) is 4.47. The average Bonchev–Trinajstić information content (AvgIpc) is 2.61. The molecule has 6 nitrogen and oxygen atoms in total. The lowest BCUT2D eigenvalue weighted by Crippen LogP contribution is -2.45. The summed E-state index contributed by atoms with van der Waals surface area (Å²) in [6.45, 7) is 2.21. The monoisotopic (exact) mass is 372 g/mol. The molecule has 1 aliphatic rings. The van der Waals surface area contributed by atoms with Crippen LogP contribution in [0.5, 0.6) is 5.75 Å². The van der Waals surface area contributed by atoms with Crippen molar-refractivity contribution >= 4 is 34.1 Å². The predicted molar refractivity (Wildman–Crippen MR) is 103 cm³/mol. The molecule has 1 atom stereocenters. The highest BCUT2D eigenvalue weighted by Crippen LogP contribution is 2.38. The third-order valence-electron chi connectivity index (χ3n) is 4.25. The molecule has 1 aliphatic heterocycles. The number of methoxy groups -OCH3 is 1. The minimum absolute atomic E-state index is 0.0842. The van der Waals surface area contributed by atoms with Crippen LogP contribution in [0.15, 0.2) is 47.7 Å². The van der Waals surface area contributed by atoms with Crippen molar-refractivity contribution in [1.82, 2.24) is 10.6 Å². The molecule has 0 fully saturated rings. The predicted octanol–water partition coefficient (Wildman–Crippen LogP) is 2.53. The van der Waals surface area contributed by atoms with Gasteiger partial charge in [0.05, 0.1) is 18.2 Å². The summed E-state index contributed by atoms with van der Waals surface area (Å²) in [5.41, 5.74) is 1.56. The van der Waals surface area contributed by atoms with Crippen LogP contribution in [0.4, 0.5) is 0 Å². The van der Waals surface area contributed by atoms with Gasteiger partial charge in [-0.2, -0.15) is 0 Å². The smallest absolute Gasteiger partial charge is 0.338 e. The van der Waals surface area contributed by atoms with Crippen molar-refractivity contribution in [1.29, 1.82) is 0 Å². The number of aromatic hydroxyl groups is 1. The summed E-state index contributed by atoms with van der Waals surface area (Å²) < 4.78 is 10.2. The van der Waals surface area contributed by atoms with Crippen LogP contribution in [-0.2, 0) is 14.3 Å². The van der Waals surface area contributed by atoms with Gasteiger partial charge >= 0.3 is 5.97 Å². The number of hydrogen-bond donors (Lipinski definition) is 3. The molecule has 0 aliphatic carbocycles. The molecule has 26 heavy (non-hydrogen) atoms. The second kappa shape index (κ2) is 7.72. The molecule has 3 rings (SSSR count). The van der Waals surface area contributed by atoms with E-state index in [-0.39, 0.29) is 12.4 Å². The lowest BCUT2D eigenvalue weighted by molar-refractivity contribution is -0.140. The lowest BCUT2D eigenvalue weighted by atomic mass is 9.91. The van der Waals surface area contributed by atoms with E-state index in [1.54, 1.807) is 13.0 Å². The number of phenols is 1. The van der Waals surface area contributed by atoms with Crippen LogP contribution in [-0.4, -0.2) is 36.5 Å². The number of benzene rings is 2. The van der Waals surface area contributed by atoms with Crippen LogP contribution in [0.1, 0.15) is 18.5 Å². The Balaban J connectivity index is 2.09. The van der Waals surface area contributed by atoms with Crippen LogP contribution in [0.2, 0.25) is 0 Å². The fourth-order valence-corrected chi connectivity index (χ4v) is 3.33. The zero-order valence-corrected chi connectivity index (χ0v) is 15.4. The summed E-state index contributed by atoms with van der Waals surface area (Å²) in [4.78, 5) is 12.7. The lowest BCUT2D eigenvalue weighted by Gasteiger charge is -2.31. The first-order valence-electron chi connectivity index (χ1n) is 8.18. The van der Waals surface area contributed by atoms with E-state index in [0.29, 0.717) is 28.6 Å². The Morgan fingerprint density at radius 1 is 1.23 bits per heavy atom. The van der Waals surface area contributed by atoms with E-state index < -0.39 is 12.0 Å². The molecule has 0 saturated heterocycles. The second-order valence-corrected chi connectivity index (χ2v) is 6.33. The number of allylic oxidation sites excluding steroid dienone is 1.